The highest BCUT2D eigenvalue weighted by Gasteiger charge is 2.06. The zero-order chi connectivity index (χ0) is 13.4. The number of alkyl halides is 1. The minimum absolute atomic E-state index is 0.0709. The Hall–Kier alpha value is -1.03. The number of rotatable bonds is 7. The molecule has 0 heterocycles. The summed E-state index contributed by atoms with van der Waals surface area (Å²) >= 11 is 3.43. The molecular weight excluding hydrogens is 294 g/mol. The van der Waals surface area contributed by atoms with E-state index in [1.165, 1.54) is 0 Å². The lowest BCUT2D eigenvalue weighted by Gasteiger charge is -2.11. The van der Waals surface area contributed by atoms with Crippen molar-refractivity contribution in [2.45, 2.75) is 38.4 Å². The molecule has 0 aliphatic heterocycles. The number of halogens is 1. The van der Waals surface area contributed by atoms with Crippen LogP contribution in [0.2, 0.25) is 0 Å². The highest BCUT2D eigenvalue weighted by Crippen LogP contribution is 2.25. The minimum Gasteiger partial charge on any atom is -0.494 e. The van der Waals surface area contributed by atoms with Gasteiger partial charge in [0, 0.05) is 23.0 Å². The lowest BCUT2D eigenvalue weighted by Crippen LogP contribution is -2.11. The van der Waals surface area contributed by atoms with Crippen LogP contribution < -0.4 is 10.1 Å². The summed E-state index contributed by atoms with van der Waals surface area (Å²) < 4.78 is 5.51. The van der Waals surface area contributed by atoms with Gasteiger partial charge in [-0.25, -0.2) is 0 Å². The summed E-state index contributed by atoms with van der Waals surface area (Å²) in [7, 11) is 0. The van der Waals surface area contributed by atoms with E-state index in [-0.39, 0.29) is 5.91 Å². The maximum absolute atomic E-state index is 11.6. The van der Waals surface area contributed by atoms with Crippen molar-refractivity contribution in [1.82, 2.24) is 0 Å². The molecule has 1 N–H and O–H groups in total. The Bertz CT molecular complexity index is 393. The normalized spacial score (nSPS) is 10.2. The standard InChI is InChI=1S/C14H20BrNO2/c1-3-5-6-14(17)16-12-7-8-13(18-4-2)11(9-12)10-15/h7-9H,3-6,10H2,1-2H3,(H,16,17). The van der Waals surface area contributed by atoms with Gasteiger partial charge in [0.15, 0.2) is 0 Å². The number of carbonyl (C=O) groups excluding carboxylic acids is 1. The van der Waals surface area contributed by atoms with Gasteiger partial charge >= 0.3 is 0 Å². The van der Waals surface area contributed by atoms with Gasteiger partial charge < -0.3 is 10.1 Å². The fourth-order valence-electron chi connectivity index (χ4n) is 1.62. The maximum Gasteiger partial charge on any atom is 0.224 e. The molecule has 1 rings (SSSR count). The summed E-state index contributed by atoms with van der Waals surface area (Å²) in [5, 5.41) is 3.61. The van der Waals surface area contributed by atoms with Gasteiger partial charge in [-0.15, -0.1) is 0 Å². The van der Waals surface area contributed by atoms with Crippen LogP contribution in [0, 0.1) is 0 Å². The summed E-state index contributed by atoms with van der Waals surface area (Å²) in [6.45, 7) is 4.67. The van der Waals surface area contributed by atoms with Gasteiger partial charge in [0.05, 0.1) is 6.61 Å². The van der Waals surface area contributed by atoms with Crippen LogP contribution in [0.1, 0.15) is 38.7 Å². The number of hydrogen-bond acceptors (Lipinski definition) is 2. The number of carbonyl (C=O) groups is 1. The second-order valence-corrected chi connectivity index (χ2v) is 4.60. The lowest BCUT2D eigenvalue weighted by atomic mass is 10.2. The molecule has 0 radical (unpaired) electrons. The van der Waals surface area contributed by atoms with E-state index in [0.29, 0.717) is 18.4 Å². The second kappa shape index (κ2) is 8.14. The second-order valence-electron chi connectivity index (χ2n) is 4.04. The van der Waals surface area contributed by atoms with E-state index in [1.54, 1.807) is 0 Å². The van der Waals surface area contributed by atoms with Crippen LogP contribution in [0.5, 0.6) is 5.75 Å². The molecule has 4 heteroatoms. The van der Waals surface area contributed by atoms with Crippen LogP contribution in [0.25, 0.3) is 0 Å². The first-order valence-corrected chi connectivity index (χ1v) is 7.45. The third-order valence-corrected chi connectivity index (χ3v) is 3.15. The van der Waals surface area contributed by atoms with Gasteiger partial charge in [0.2, 0.25) is 5.91 Å². The molecule has 1 aromatic carbocycles. The number of anilines is 1. The molecule has 0 saturated heterocycles. The molecule has 0 aromatic heterocycles. The van der Waals surface area contributed by atoms with E-state index < -0.39 is 0 Å². The Morgan fingerprint density at radius 1 is 1.39 bits per heavy atom. The molecule has 3 nitrogen and oxygen atoms in total. The number of amides is 1. The average molecular weight is 314 g/mol. The van der Waals surface area contributed by atoms with E-state index in [2.05, 4.69) is 28.2 Å². The van der Waals surface area contributed by atoms with Gasteiger partial charge in [-0.2, -0.15) is 0 Å². The van der Waals surface area contributed by atoms with Gasteiger partial charge in [0.1, 0.15) is 5.75 Å². The fraction of sp³-hybridized carbons (Fsp3) is 0.500. The van der Waals surface area contributed by atoms with Crippen molar-refractivity contribution < 1.29 is 9.53 Å². The van der Waals surface area contributed by atoms with Crippen LogP contribution in [0.15, 0.2) is 18.2 Å². The molecule has 1 amide bonds. The molecular formula is C14H20BrNO2. The van der Waals surface area contributed by atoms with Gasteiger partial charge in [-0.1, -0.05) is 29.3 Å². The molecule has 0 aliphatic rings. The van der Waals surface area contributed by atoms with Crippen molar-refractivity contribution >= 4 is 27.5 Å². The van der Waals surface area contributed by atoms with Crippen molar-refractivity contribution in [1.29, 1.82) is 0 Å². The molecule has 18 heavy (non-hydrogen) atoms. The Balaban J connectivity index is 2.69. The van der Waals surface area contributed by atoms with E-state index in [4.69, 9.17) is 4.74 Å². The number of ether oxygens (including phenoxy) is 1. The van der Waals surface area contributed by atoms with Crippen LogP contribution in [-0.2, 0) is 10.1 Å². The Morgan fingerprint density at radius 2 is 2.17 bits per heavy atom. The number of unbranched alkanes of at least 4 members (excludes halogenated alkanes) is 1. The molecule has 0 aliphatic carbocycles. The van der Waals surface area contributed by atoms with Crippen molar-refractivity contribution in [2.24, 2.45) is 0 Å². The molecule has 0 fully saturated rings. The predicted octanol–water partition coefficient (Wildman–Crippen LogP) is 4.11. The van der Waals surface area contributed by atoms with Crippen molar-refractivity contribution in [2.75, 3.05) is 11.9 Å². The monoisotopic (exact) mass is 313 g/mol. The summed E-state index contributed by atoms with van der Waals surface area (Å²) in [5.74, 6) is 0.933. The molecule has 100 valence electrons. The van der Waals surface area contributed by atoms with Crippen molar-refractivity contribution in [3.63, 3.8) is 0 Å². The summed E-state index contributed by atoms with van der Waals surface area (Å²) in [6, 6.07) is 5.72. The Morgan fingerprint density at radius 3 is 2.78 bits per heavy atom. The molecule has 0 saturated carbocycles. The zero-order valence-electron chi connectivity index (χ0n) is 11.0. The van der Waals surface area contributed by atoms with E-state index >= 15 is 0 Å². The summed E-state index contributed by atoms with van der Waals surface area (Å²) in [4.78, 5) is 11.6. The van der Waals surface area contributed by atoms with Crippen molar-refractivity contribution in [3.8, 4) is 5.75 Å². The summed E-state index contributed by atoms with van der Waals surface area (Å²) in [6.07, 6.45) is 2.53. The lowest BCUT2D eigenvalue weighted by molar-refractivity contribution is -0.116. The average Bonchev–Trinajstić information content (AvgIpc) is 2.38. The minimum atomic E-state index is 0.0709. The molecule has 0 unspecified atom stereocenters. The molecule has 0 spiro atoms. The van der Waals surface area contributed by atoms with Crippen LogP contribution in [0.3, 0.4) is 0 Å². The first kappa shape index (κ1) is 15.0. The molecule has 0 atom stereocenters. The number of nitrogens with one attached hydrogen (secondary N) is 1. The van der Waals surface area contributed by atoms with Crippen molar-refractivity contribution in [3.05, 3.63) is 23.8 Å². The smallest absolute Gasteiger partial charge is 0.224 e. The third kappa shape index (κ3) is 4.69. The number of hydrogen-bond donors (Lipinski definition) is 1. The van der Waals surface area contributed by atoms with Crippen LogP contribution >= 0.6 is 15.9 Å². The highest BCUT2D eigenvalue weighted by molar-refractivity contribution is 9.08. The van der Waals surface area contributed by atoms with Crippen LogP contribution in [0.4, 0.5) is 5.69 Å². The fourth-order valence-corrected chi connectivity index (χ4v) is 2.06. The first-order chi connectivity index (χ1) is 8.71. The molecule has 1 aromatic rings. The Kier molecular flexibility index (Phi) is 6.80. The predicted molar refractivity (Wildman–Crippen MR) is 78.4 cm³/mol. The third-order valence-electron chi connectivity index (χ3n) is 2.55. The van der Waals surface area contributed by atoms with Gasteiger partial charge in [0.25, 0.3) is 0 Å². The number of benzene rings is 1. The zero-order valence-corrected chi connectivity index (χ0v) is 12.5. The highest BCUT2D eigenvalue weighted by atomic mass is 79.9. The molecule has 0 bridgehead atoms. The Labute approximate surface area is 117 Å². The largest absolute Gasteiger partial charge is 0.494 e. The summed E-state index contributed by atoms with van der Waals surface area (Å²) in [5.41, 5.74) is 1.87. The van der Waals surface area contributed by atoms with Gasteiger partial charge in [-0.05, 0) is 31.5 Å². The van der Waals surface area contributed by atoms with E-state index in [1.807, 2.05) is 25.1 Å². The quantitative estimate of drug-likeness (QED) is 0.769. The van der Waals surface area contributed by atoms with Crippen LogP contribution in [-0.4, -0.2) is 12.5 Å². The topological polar surface area (TPSA) is 38.3 Å². The first-order valence-electron chi connectivity index (χ1n) is 6.32. The van der Waals surface area contributed by atoms with E-state index in [0.717, 1.165) is 29.8 Å². The van der Waals surface area contributed by atoms with Gasteiger partial charge in [-0.3, -0.25) is 4.79 Å². The SMILES string of the molecule is CCCCC(=O)Nc1ccc(OCC)c(CBr)c1. The maximum atomic E-state index is 11.6. The van der Waals surface area contributed by atoms with E-state index in [9.17, 15) is 4.79 Å².